The van der Waals surface area contributed by atoms with Crippen LogP contribution < -0.4 is 0 Å². The molecule has 0 aromatic heterocycles. The lowest BCUT2D eigenvalue weighted by Crippen LogP contribution is -2.58. The number of hydrogen-bond donors (Lipinski definition) is 8. The van der Waals surface area contributed by atoms with Gasteiger partial charge in [-0.05, 0) is 59.4 Å². The van der Waals surface area contributed by atoms with Crippen LogP contribution in [0, 0.1) is 23.7 Å². The Labute approximate surface area is 256 Å². The van der Waals surface area contributed by atoms with E-state index in [1.54, 1.807) is 12.1 Å². The first-order chi connectivity index (χ1) is 21.1. The van der Waals surface area contributed by atoms with E-state index in [9.17, 15) is 40.9 Å². The predicted molar refractivity (Wildman–Crippen MR) is 159 cm³/mol. The SMILES string of the molecule is CCCCCC1(O)c2cc(C#CC3OC(CO)CC(O)C3O)ccc2-c2ccc(C#CC3OC(CO)C(O)C(O)C3O)cc21. The third kappa shape index (κ3) is 6.30. The van der Waals surface area contributed by atoms with E-state index in [0.29, 0.717) is 28.7 Å². The first-order valence-electron chi connectivity index (χ1n) is 15.1. The fourth-order valence-electron chi connectivity index (χ4n) is 6.16. The Hall–Kier alpha value is -2.84. The summed E-state index contributed by atoms with van der Waals surface area (Å²) in [5.41, 5.74) is 2.85. The maximum Gasteiger partial charge on any atom is 0.147 e. The second kappa shape index (κ2) is 13.7. The van der Waals surface area contributed by atoms with Crippen molar-refractivity contribution in [2.75, 3.05) is 13.2 Å². The van der Waals surface area contributed by atoms with Crippen molar-refractivity contribution in [1.29, 1.82) is 0 Å². The van der Waals surface area contributed by atoms with Gasteiger partial charge in [-0.1, -0.05) is 55.6 Å². The largest absolute Gasteiger partial charge is 0.394 e. The molecular formula is C34H40O10. The number of aliphatic hydroxyl groups excluding tert-OH is 7. The lowest BCUT2D eigenvalue weighted by molar-refractivity contribution is -0.214. The van der Waals surface area contributed by atoms with Crippen LogP contribution in [0.2, 0.25) is 0 Å². The van der Waals surface area contributed by atoms with Gasteiger partial charge in [-0.2, -0.15) is 0 Å². The molecule has 0 spiro atoms. The lowest BCUT2D eigenvalue weighted by atomic mass is 9.85. The summed E-state index contributed by atoms with van der Waals surface area (Å²) in [6.45, 7) is 1.25. The number of benzene rings is 2. The topological polar surface area (TPSA) is 180 Å². The first-order valence-corrected chi connectivity index (χ1v) is 15.1. The van der Waals surface area contributed by atoms with Crippen LogP contribution in [0.5, 0.6) is 0 Å². The predicted octanol–water partition coefficient (Wildman–Crippen LogP) is -0.0998. The maximum absolute atomic E-state index is 12.2. The van der Waals surface area contributed by atoms with Crippen LogP contribution in [0.1, 0.15) is 61.3 Å². The molecule has 0 amide bonds. The molecule has 8 N–H and O–H groups in total. The minimum absolute atomic E-state index is 0.118. The highest BCUT2D eigenvalue weighted by Crippen LogP contribution is 2.50. The molecule has 5 rings (SSSR count). The van der Waals surface area contributed by atoms with Gasteiger partial charge in [0.2, 0.25) is 0 Å². The lowest BCUT2D eigenvalue weighted by Gasteiger charge is -2.37. The summed E-state index contributed by atoms with van der Waals surface area (Å²) in [4.78, 5) is 0. The Morgan fingerprint density at radius 1 is 0.750 bits per heavy atom. The van der Waals surface area contributed by atoms with E-state index in [2.05, 4.69) is 30.6 Å². The van der Waals surface area contributed by atoms with Crippen molar-refractivity contribution in [2.45, 2.75) is 99.6 Å². The molecule has 10 atom stereocenters. The molecule has 2 heterocycles. The summed E-state index contributed by atoms with van der Waals surface area (Å²) < 4.78 is 11.2. The van der Waals surface area contributed by atoms with Crippen LogP contribution in [0.4, 0.5) is 0 Å². The molecule has 2 aliphatic heterocycles. The zero-order chi connectivity index (χ0) is 31.6. The van der Waals surface area contributed by atoms with E-state index >= 15 is 0 Å². The maximum atomic E-state index is 12.2. The summed E-state index contributed by atoms with van der Waals surface area (Å²) in [6.07, 6.45) is -7.29. The molecule has 2 aromatic carbocycles. The molecule has 3 aliphatic rings. The summed E-state index contributed by atoms with van der Waals surface area (Å²) in [5.74, 6) is 11.6. The fraction of sp³-hybridized carbons (Fsp3) is 0.529. The minimum atomic E-state index is -1.52. The monoisotopic (exact) mass is 608 g/mol. The normalized spacial score (nSPS) is 34.2. The summed E-state index contributed by atoms with van der Waals surface area (Å²) >= 11 is 0. The van der Waals surface area contributed by atoms with Gasteiger partial charge >= 0.3 is 0 Å². The van der Waals surface area contributed by atoms with Crippen LogP contribution in [-0.2, 0) is 15.1 Å². The molecular weight excluding hydrogens is 568 g/mol. The van der Waals surface area contributed by atoms with Crippen LogP contribution in [0.25, 0.3) is 11.1 Å². The van der Waals surface area contributed by atoms with E-state index in [-0.39, 0.29) is 13.0 Å². The van der Waals surface area contributed by atoms with Crippen molar-refractivity contribution in [2.24, 2.45) is 0 Å². The van der Waals surface area contributed by atoms with Crippen molar-refractivity contribution in [3.05, 3.63) is 58.7 Å². The molecule has 2 fully saturated rings. The van der Waals surface area contributed by atoms with Crippen LogP contribution in [0.3, 0.4) is 0 Å². The van der Waals surface area contributed by atoms with Gasteiger partial charge in [0.15, 0.2) is 0 Å². The van der Waals surface area contributed by atoms with Crippen molar-refractivity contribution in [1.82, 2.24) is 0 Å². The zero-order valence-corrected chi connectivity index (χ0v) is 24.5. The van der Waals surface area contributed by atoms with E-state index in [1.165, 1.54) is 0 Å². The Morgan fingerprint density at radius 3 is 1.89 bits per heavy atom. The molecule has 0 saturated carbocycles. The number of fused-ring (bicyclic) bond motifs is 3. The molecule has 10 nitrogen and oxygen atoms in total. The second-order valence-electron chi connectivity index (χ2n) is 11.8. The Balaban J connectivity index is 1.46. The van der Waals surface area contributed by atoms with Crippen molar-refractivity contribution < 1.29 is 50.3 Å². The van der Waals surface area contributed by atoms with Crippen LogP contribution in [0.15, 0.2) is 36.4 Å². The van der Waals surface area contributed by atoms with Crippen LogP contribution >= 0.6 is 0 Å². The Morgan fingerprint density at radius 2 is 1.34 bits per heavy atom. The number of hydrogen-bond acceptors (Lipinski definition) is 10. The number of ether oxygens (including phenoxy) is 2. The third-order valence-electron chi connectivity index (χ3n) is 8.72. The number of unbranched alkanes of at least 4 members (excludes halogenated alkanes) is 2. The van der Waals surface area contributed by atoms with Gasteiger partial charge in [0.05, 0.1) is 25.4 Å². The molecule has 236 valence electrons. The van der Waals surface area contributed by atoms with Gasteiger partial charge in [-0.3, -0.25) is 0 Å². The zero-order valence-electron chi connectivity index (χ0n) is 24.5. The molecule has 44 heavy (non-hydrogen) atoms. The van der Waals surface area contributed by atoms with Crippen molar-refractivity contribution in [3.63, 3.8) is 0 Å². The van der Waals surface area contributed by atoms with Gasteiger partial charge in [-0.15, -0.1) is 0 Å². The van der Waals surface area contributed by atoms with Crippen LogP contribution in [-0.4, -0.2) is 109 Å². The van der Waals surface area contributed by atoms with Gasteiger partial charge in [0.1, 0.15) is 48.3 Å². The van der Waals surface area contributed by atoms with Gasteiger partial charge in [-0.25, -0.2) is 0 Å². The summed E-state index contributed by atoms with van der Waals surface area (Å²) in [5, 5.41) is 82.2. The van der Waals surface area contributed by atoms with E-state index in [1.807, 2.05) is 24.3 Å². The van der Waals surface area contributed by atoms with E-state index in [0.717, 1.165) is 30.4 Å². The van der Waals surface area contributed by atoms with Crippen molar-refractivity contribution in [3.8, 4) is 34.8 Å². The second-order valence-corrected chi connectivity index (χ2v) is 11.8. The molecule has 10 unspecified atom stereocenters. The average Bonchev–Trinajstić information content (AvgIpc) is 3.27. The highest BCUT2D eigenvalue weighted by Gasteiger charge is 2.43. The molecule has 2 saturated heterocycles. The quantitative estimate of drug-likeness (QED) is 0.163. The average molecular weight is 609 g/mol. The van der Waals surface area contributed by atoms with E-state index < -0.39 is 67.1 Å². The fourth-order valence-corrected chi connectivity index (χ4v) is 6.16. The first kappa shape index (κ1) is 32.6. The Kier molecular flexibility index (Phi) is 10.1. The van der Waals surface area contributed by atoms with Gasteiger partial charge in [0.25, 0.3) is 0 Å². The van der Waals surface area contributed by atoms with Crippen molar-refractivity contribution >= 4 is 0 Å². The third-order valence-corrected chi connectivity index (χ3v) is 8.72. The Bertz CT molecular complexity index is 1450. The number of rotatable bonds is 6. The standard InChI is InChI=1S/C34H40O10/c1-2-3-4-13-34(42)24-14-19(7-11-27-30(38)26(37)16-21(17-35)43-27)5-9-22(24)23-10-6-20(15-25(23)34)8-12-28-31(39)33(41)32(40)29(18-36)44-28/h5-6,9-10,14-15,21,26-33,35-42H,2-4,13,16-18H2,1H3. The molecule has 1 aliphatic carbocycles. The van der Waals surface area contributed by atoms with Gasteiger partial charge in [0, 0.05) is 17.5 Å². The highest BCUT2D eigenvalue weighted by molar-refractivity contribution is 5.81. The number of aliphatic hydroxyl groups is 8. The van der Waals surface area contributed by atoms with Gasteiger partial charge < -0.3 is 50.3 Å². The molecule has 0 bridgehead atoms. The summed E-state index contributed by atoms with van der Waals surface area (Å²) in [6, 6.07) is 11.0. The summed E-state index contributed by atoms with van der Waals surface area (Å²) in [7, 11) is 0. The highest BCUT2D eigenvalue weighted by atomic mass is 16.5. The smallest absolute Gasteiger partial charge is 0.147 e. The molecule has 10 heteroatoms. The molecule has 0 radical (unpaired) electrons. The minimum Gasteiger partial charge on any atom is -0.394 e. The van der Waals surface area contributed by atoms with E-state index in [4.69, 9.17) is 9.47 Å². The molecule has 2 aromatic rings.